The Morgan fingerprint density at radius 1 is 1.20 bits per heavy atom. The van der Waals surface area contributed by atoms with Gasteiger partial charge in [0.15, 0.2) is 11.5 Å². The second kappa shape index (κ2) is 6.82. The fourth-order valence-electron chi connectivity index (χ4n) is 1.78. The van der Waals surface area contributed by atoms with Crippen molar-refractivity contribution in [3.05, 3.63) is 58.6 Å². The summed E-state index contributed by atoms with van der Waals surface area (Å²) in [5.74, 6) is 1.07. The van der Waals surface area contributed by atoms with Crippen LogP contribution in [0.15, 0.2) is 47.6 Å². The first-order chi connectivity index (χ1) is 9.76. The molecule has 0 radical (unpaired) electrons. The number of benzene rings is 2. The summed E-state index contributed by atoms with van der Waals surface area (Å²) in [6, 6.07) is 12.8. The number of ether oxygens (including phenoxy) is 2. The standard InChI is InChI=1S/C15H14ClNO3/c1-19-14-8-4-6-11(9-17-18)15(14)20-10-12-5-2-3-7-13(12)16/h2-9,18H,10H2,1H3. The van der Waals surface area contributed by atoms with E-state index in [9.17, 15) is 0 Å². The maximum absolute atomic E-state index is 8.69. The Kier molecular flexibility index (Phi) is 4.85. The molecular weight excluding hydrogens is 278 g/mol. The van der Waals surface area contributed by atoms with Gasteiger partial charge >= 0.3 is 0 Å². The second-order valence-corrected chi connectivity index (χ2v) is 4.41. The summed E-state index contributed by atoms with van der Waals surface area (Å²) in [6.07, 6.45) is 1.30. The van der Waals surface area contributed by atoms with Gasteiger partial charge in [-0.1, -0.05) is 41.0 Å². The zero-order chi connectivity index (χ0) is 14.4. The molecule has 2 rings (SSSR count). The van der Waals surface area contributed by atoms with E-state index in [4.69, 9.17) is 26.3 Å². The number of halogens is 1. The fourth-order valence-corrected chi connectivity index (χ4v) is 1.97. The van der Waals surface area contributed by atoms with Gasteiger partial charge in [0.05, 0.1) is 13.3 Å². The number of oxime groups is 1. The number of para-hydroxylation sites is 1. The summed E-state index contributed by atoms with van der Waals surface area (Å²) in [5, 5.41) is 12.4. The van der Waals surface area contributed by atoms with E-state index in [-0.39, 0.29) is 0 Å². The molecule has 0 heterocycles. The Hall–Kier alpha value is -2.20. The molecule has 0 saturated carbocycles. The lowest BCUT2D eigenvalue weighted by molar-refractivity contribution is 0.283. The molecule has 0 atom stereocenters. The van der Waals surface area contributed by atoms with E-state index in [0.29, 0.717) is 28.7 Å². The van der Waals surface area contributed by atoms with Crippen molar-refractivity contribution >= 4 is 17.8 Å². The highest BCUT2D eigenvalue weighted by Crippen LogP contribution is 2.31. The highest BCUT2D eigenvalue weighted by Gasteiger charge is 2.10. The smallest absolute Gasteiger partial charge is 0.170 e. The van der Waals surface area contributed by atoms with Gasteiger partial charge in [0.2, 0.25) is 0 Å². The van der Waals surface area contributed by atoms with Crippen molar-refractivity contribution in [1.29, 1.82) is 0 Å². The van der Waals surface area contributed by atoms with Gasteiger partial charge in [-0.3, -0.25) is 0 Å². The van der Waals surface area contributed by atoms with Gasteiger partial charge in [-0.25, -0.2) is 0 Å². The van der Waals surface area contributed by atoms with Crippen LogP contribution in [0.1, 0.15) is 11.1 Å². The largest absolute Gasteiger partial charge is 0.493 e. The van der Waals surface area contributed by atoms with Crippen molar-refractivity contribution in [1.82, 2.24) is 0 Å². The zero-order valence-corrected chi connectivity index (χ0v) is 11.7. The maximum atomic E-state index is 8.69. The SMILES string of the molecule is COc1cccc(C=NO)c1OCc1ccccc1Cl. The third kappa shape index (κ3) is 3.22. The van der Waals surface area contributed by atoms with Gasteiger partial charge in [-0.2, -0.15) is 0 Å². The van der Waals surface area contributed by atoms with Crippen LogP contribution < -0.4 is 9.47 Å². The van der Waals surface area contributed by atoms with Gasteiger partial charge in [-0.15, -0.1) is 0 Å². The van der Waals surface area contributed by atoms with Crippen LogP contribution in [0.5, 0.6) is 11.5 Å². The first-order valence-corrected chi connectivity index (χ1v) is 6.34. The van der Waals surface area contributed by atoms with Crippen LogP contribution in [0.4, 0.5) is 0 Å². The molecule has 104 valence electrons. The van der Waals surface area contributed by atoms with Crippen molar-refractivity contribution in [2.45, 2.75) is 6.61 Å². The second-order valence-electron chi connectivity index (χ2n) is 4.00. The Morgan fingerprint density at radius 2 is 2.00 bits per heavy atom. The topological polar surface area (TPSA) is 51.0 Å². The molecule has 4 nitrogen and oxygen atoms in total. The molecule has 2 aromatic carbocycles. The molecule has 0 fully saturated rings. The van der Waals surface area contributed by atoms with Gasteiger partial charge in [0.1, 0.15) is 6.61 Å². The number of methoxy groups -OCH3 is 1. The fraction of sp³-hybridized carbons (Fsp3) is 0.133. The van der Waals surface area contributed by atoms with E-state index in [0.717, 1.165) is 5.56 Å². The van der Waals surface area contributed by atoms with Crippen molar-refractivity contribution in [3.63, 3.8) is 0 Å². The summed E-state index contributed by atoms with van der Waals surface area (Å²) >= 11 is 6.09. The van der Waals surface area contributed by atoms with Crippen LogP contribution in [-0.4, -0.2) is 18.5 Å². The van der Waals surface area contributed by atoms with Gasteiger partial charge in [0.25, 0.3) is 0 Å². The van der Waals surface area contributed by atoms with Gasteiger partial charge in [0, 0.05) is 16.1 Å². The normalized spacial score (nSPS) is 10.7. The Morgan fingerprint density at radius 3 is 2.70 bits per heavy atom. The Bertz CT molecular complexity index is 614. The average Bonchev–Trinajstić information content (AvgIpc) is 2.47. The quantitative estimate of drug-likeness (QED) is 0.519. The first-order valence-electron chi connectivity index (χ1n) is 5.97. The van der Waals surface area contributed by atoms with E-state index >= 15 is 0 Å². The first kappa shape index (κ1) is 14.2. The maximum Gasteiger partial charge on any atom is 0.170 e. The molecule has 0 aliphatic carbocycles. The highest BCUT2D eigenvalue weighted by atomic mass is 35.5. The van der Waals surface area contributed by atoms with Crippen LogP contribution >= 0.6 is 11.6 Å². The summed E-state index contributed by atoms with van der Waals surface area (Å²) in [5.41, 5.74) is 1.49. The number of hydrogen-bond acceptors (Lipinski definition) is 4. The molecule has 2 aromatic rings. The molecule has 0 amide bonds. The molecule has 0 saturated heterocycles. The van der Waals surface area contributed by atoms with Gasteiger partial charge in [-0.05, 0) is 18.2 Å². The van der Waals surface area contributed by atoms with E-state index in [1.807, 2.05) is 18.2 Å². The predicted molar refractivity (Wildman–Crippen MR) is 78.2 cm³/mol. The van der Waals surface area contributed by atoms with Crippen LogP contribution in [0.2, 0.25) is 5.02 Å². The van der Waals surface area contributed by atoms with Crippen LogP contribution in [0, 0.1) is 0 Å². The monoisotopic (exact) mass is 291 g/mol. The number of hydrogen-bond donors (Lipinski definition) is 1. The third-order valence-electron chi connectivity index (χ3n) is 2.76. The molecule has 0 aromatic heterocycles. The molecule has 20 heavy (non-hydrogen) atoms. The van der Waals surface area contributed by atoms with E-state index < -0.39 is 0 Å². The van der Waals surface area contributed by atoms with Crippen LogP contribution in [0.25, 0.3) is 0 Å². The van der Waals surface area contributed by atoms with Crippen LogP contribution in [-0.2, 0) is 6.61 Å². The van der Waals surface area contributed by atoms with Crippen LogP contribution in [0.3, 0.4) is 0 Å². The predicted octanol–water partition coefficient (Wildman–Crippen LogP) is 3.74. The lowest BCUT2D eigenvalue weighted by Gasteiger charge is -2.13. The lowest BCUT2D eigenvalue weighted by Crippen LogP contribution is -2.01. The highest BCUT2D eigenvalue weighted by molar-refractivity contribution is 6.31. The molecule has 0 aliphatic heterocycles. The molecule has 0 spiro atoms. The lowest BCUT2D eigenvalue weighted by atomic mass is 10.2. The summed E-state index contributed by atoms with van der Waals surface area (Å²) in [6.45, 7) is 0.298. The molecule has 0 unspecified atom stereocenters. The van der Waals surface area contributed by atoms with Crippen molar-refractivity contribution in [2.24, 2.45) is 5.16 Å². The summed E-state index contributed by atoms with van der Waals surface area (Å²) < 4.78 is 11.0. The minimum absolute atomic E-state index is 0.298. The van der Waals surface area contributed by atoms with Crippen molar-refractivity contribution in [2.75, 3.05) is 7.11 Å². The van der Waals surface area contributed by atoms with Crippen molar-refractivity contribution in [3.8, 4) is 11.5 Å². The van der Waals surface area contributed by atoms with E-state index in [2.05, 4.69) is 5.16 Å². The molecule has 5 heteroatoms. The zero-order valence-electron chi connectivity index (χ0n) is 10.9. The van der Waals surface area contributed by atoms with E-state index in [1.165, 1.54) is 6.21 Å². The molecule has 0 aliphatic rings. The van der Waals surface area contributed by atoms with Crippen molar-refractivity contribution < 1.29 is 14.7 Å². The van der Waals surface area contributed by atoms with E-state index in [1.54, 1.807) is 31.4 Å². The average molecular weight is 292 g/mol. The molecule has 0 bridgehead atoms. The minimum atomic E-state index is 0.298. The number of rotatable bonds is 5. The molecule has 1 N–H and O–H groups in total. The Balaban J connectivity index is 2.26. The third-order valence-corrected chi connectivity index (χ3v) is 3.12. The van der Waals surface area contributed by atoms with Gasteiger partial charge < -0.3 is 14.7 Å². The summed E-state index contributed by atoms with van der Waals surface area (Å²) in [4.78, 5) is 0. The minimum Gasteiger partial charge on any atom is -0.493 e. The summed E-state index contributed by atoms with van der Waals surface area (Å²) in [7, 11) is 1.55. The molecular formula is C15H14ClNO3. The Labute approximate surface area is 122 Å². The number of nitrogens with zero attached hydrogens (tertiary/aromatic N) is 1.